The summed E-state index contributed by atoms with van der Waals surface area (Å²) >= 11 is 3.33. The summed E-state index contributed by atoms with van der Waals surface area (Å²) in [6.07, 6.45) is 2.70. The molecule has 0 aliphatic carbocycles. The molecule has 0 aliphatic heterocycles. The zero-order valence-corrected chi connectivity index (χ0v) is 12.5. The van der Waals surface area contributed by atoms with Gasteiger partial charge in [-0.2, -0.15) is 0 Å². The van der Waals surface area contributed by atoms with Crippen LogP contribution in [0.5, 0.6) is 0 Å². The molecule has 1 aromatic carbocycles. The Morgan fingerprint density at radius 3 is 2.79 bits per heavy atom. The molecule has 19 heavy (non-hydrogen) atoms. The molecule has 6 heteroatoms. The van der Waals surface area contributed by atoms with Crippen LogP contribution in [0.4, 0.5) is 4.39 Å². The van der Waals surface area contributed by atoms with E-state index in [1.807, 2.05) is 13.1 Å². The number of rotatable bonds is 5. The van der Waals surface area contributed by atoms with Gasteiger partial charge >= 0.3 is 0 Å². The maximum atomic E-state index is 13.6. The van der Waals surface area contributed by atoms with Gasteiger partial charge in [0.25, 0.3) is 0 Å². The zero-order valence-electron chi connectivity index (χ0n) is 10.9. The Bertz CT molecular complexity index is 535. The molecule has 1 atom stereocenters. The molecule has 2 rings (SSSR count). The number of nitrogens with zero attached hydrogens (tertiary/aromatic N) is 3. The van der Waals surface area contributed by atoms with E-state index >= 15 is 0 Å². The molecule has 0 amide bonds. The monoisotopic (exact) mass is 326 g/mol. The van der Waals surface area contributed by atoms with Gasteiger partial charge < -0.3 is 5.32 Å². The molecule has 1 heterocycles. The van der Waals surface area contributed by atoms with E-state index in [9.17, 15) is 4.39 Å². The molecule has 0 radical (unpaired) electrons. The van der Waals surface area contributed by atoms with Crippen molar-refractivity contribution < 1.29 is 4.39 Å². The SMILES string of the molecule is CCCNC(c1cc(F)cc(Br)c1)c1cnnn1C. The summed E-state index contributed by atoms with van der Waals surface area (Å²) < 4.78 is 16.0. The van der Waals surface area contributed by atoms with Crippen molar-refractivity contribution in [1.82, 2.24) is 20.3 Å². The first-order chi connectivity index (χ1) is 9.11. The second kappa shape index (κ2) is 6.25. The molecular formula is C13H16BrFN4. The lowest BCUT2D eigenvalue weighted by Gasteiger charge is -2.19. The molecule has 0 saturated carbocycles. The van der Waals surface area contributed by atoms with E-state index in [0.29, 0.717) is 0 Å². The van der Waals surface area contributed by atoms with Gasteiger partial charge in [-0.1, -0.05) is 28.1 Å². The summed E-state index contributed by atoms with van der Waals surface area (Å²) in [6, 6.07) is 4.77. The summed E-state index contributed by atoms with van der Waals surface area (Å²) in [5.74, 6) is -0.261. The Kier molecular flexibility index (Phi) is 4.66. The van der Waals surface area contributed by atoms with Gasteiger partial charge in [-0.3, -0.25) is 4.68 Å². The Morgan fingerprint density at radius 2 is 2.21 bits per heavy atom. The molecule has 102 valence electrons. The lowest BCUT2D eigenvalue weighted by atomic mass is 10.0. The number of benzene rings is 1. The molecule has 4 nitrogen and oxygen atoms in total. The van der Waals surface area contributed by atoms with Crippen LogP contribution >= 0.6 is 15.9 Å². The highest BCUT2D eigenvalue weighted by atomic mass is 79.9. The molecule has 0 aliphatic rings. The summed E-state index contributed by atoms with van der Waals surface area (Å²) in [4.78, 5) is 0. The van der Waals surface area contributed by atoms with Crippen LogP contribution in [0.2, 0.25) is 0 Å². The molecule has 0 saturated heterocycles. The van der Waals surface area contributed by atoms with Crippen molar-refractivity contribution >= 4 is 15.9 Å². The van der Waals surface area contributed by atoms with Gasteiger partial charge in [-0.15, -0.1) is 5.10 Å². The van der Waals surface area contributed by atoms with Gasteiger partial charge in [0.05, 0.1) is 17.9 Å². The highest BCUT2D eigenvalue weighted by Gasteiger charge is 2.18. The number of aryl methyl sites for hydroxylation is 1. The summed E-state index contributed by atoms with van der Waals surface area (Å²) in [7, 11) is 1.83. The van der Waals surface area contributed by atoms with Gasteiger partial charge in [-0.05, 0) is 36.7 Å². The maximum absolute atomic E-state index is 13.6. The Hall–Kier alpha value is -1.27. The molecule has 1 N–H and O–H groups in total. The van der Waals surface area contributed by atoms with Crippen LogP contribution in [0.25, 0.3) is 0 Å². The van der Waals surface area contributed by atoms with Gasteiger partial charge in [-0.25, -0.2) is 4.39 Å². The van der Waals surface area contributed by atoms with E-state index in [1.54, 1.807) is 10.9 Å². The molecule has 2 aromatic rings. The minimum Gasteiger partial charge on any atom is -0.305 e. The number of aromatic nitrogens is 3. The second-order valence-electron chi connectivity index (χ2n) is 4.37. The van der Waals surface area contributed by atoms with E-state index in [4.69, 9.17) is 0 Å². The average molecular weight is 327 g/mol. The van der Waals surface area contributed by atoms with Gasteiger partial charge in [0.1, 0.15) is 5.82 Å². The molecule has 0 fully saturated rings. The van der Waals surface area contributed by atoms with Crippen LogP contribution < -0.4 is 5.32 Å². The standard InChI is InChI=1S/C13H16BrFN4/c1-3-4-16-13(12-8-17-18-19(12)2)9-5-10(14)7-11(15)6-9/h5-8,13,16H,3-4H2,1-2H3. The normalized spacial score (nSPS) is 12.6. The average Bonchev–Trinajstić information content (AvgIpc) is 2.75. The van der Waals surface area contributed by atoms with Crippen LogP contribution in [0.3, 0.4) is 0 Å². The molecular weight excluding hydrogens is 311 g/mol. The van der Waals surface area contributed by atoms with Crippen LogP contribution in [-0.4, -0.2) is 21.5 Å². The number of halogens is 2. The Balaban J connectivity index is 2.39. The highest BCUT2D eigenvalue weighted by Crippen LogP contribution is 2.25. The van der Waals surface area contributed by atoms with Crippen molar-refractivity contribution in [1.29, 1.82) is 0 Å². The third kappa shape index (κ3) is 3.39. The molecule has 0 bridgehead atoms. The first-order valence-electron chi connectivity index (χ1n) is 6.15. The van der Waals surface area contributed by atoms with Crippen LogP contribution in [-0.2, 0) is 7.05 Å². The minimum absolute atomic E-state index is 0.119. The van der Waals surface area contributed by atoms with Crippen molar-refractivity contribution in [2.45, 2.75) is 19.4 Å². The quantitative estimate of drug-likeness (QED) is 0.918. The Morgan fingerprint density at radius 1 is 1.42 bits per heavy atom. The third-order valence-corrected chi connectivity index (χ3v) is 3.32. The summed E-state index contributed by atoms with van der Waals surface area (Å²) in [5.41, 5.74) is 1.76. The maximum Gasteiger partial charge on any atom is 0.124 e. The van der Waals surface area contributed by atoms with E-state index in [0.717, 1.165) is 28.7 Å². The fourth-order valence-corrected chi connectivity index (χ4v) is 2.47. The highest BCUT2D eigenvalue weighted by molar-refractivity contribution is 9.10. The minimum atomic E-state index is -0.261. The predicted octanol–water partition coefficient (Wildman–Crippen LogP) is 2.81. The topological polar surface area (TPSA) is 42.7 Å². The lowest BCUT2D eigenvalue weighted by Crippen LogP contribution is -2.25. The number of hydrogen-bond acceptors (Lipinski definition) is 3. The van der Waals surface area contributed by atoms with Crippen molar-refractivity contribution in [3.63, 3.8) is 0 Å². The van der Waals surface area contributed by atoms with Gasteiger partial charge in [0.15, 0.2) is 0 Å². The number of nitrogens with one attached hydrogen (secondary N) is 1. The van der Waals surface area contributed by atoms with Crippen LogP contribution in [0, 0.1) is 5.82 Å². The van der Waals surface area contributed by atoms with E-state index in [2.05, 4.69) is 38.5 Å². The Labute approximate surface area is 120 Å². The molecule has 1 unspecified atom stereocenters. The van der Waals surface area contributed by atoms with Crippen molar-refractivity contribution in [3.8, 4) is 0 Å². The van der Waals surface area contributed by atoms with E-state index < -0.39 is 0 Å². The lowest BCUT2D eigenvalue weighted by molar-refractivity contribution is 0.545. The van der Waals surface area contributed by atoms with Gasteiger partial charge in [0, 0.05) is 11.5 Å². The summed E-state index contributed by atoms with van der Waals surface area (Å²) in [5, 5.41) is 11.2. The molecule has 0 spiro atoms. The van der Waals surface area contributed by atoms with Gasteiger partial charge in [0.2, 0.25) is 0 Å². The first kappa shape index (κ1) is 14.1. The third-order valence-electron chi connectivity index (χ3n) is 2.86. The smallest absolute Gasteiger partial charge is 0.124 e. The largest absolute Gasteiger partial charge is 0.305 e. The number of hydrogen-bond donors (Lipinski definition) is 1. The first-order valence-corrected chi connectivity index (χ1v) is 6.95. The van der Waals surface area contributed by atoms with E-state index in [-0.39, 0.29) is 11.9 Å². The fourth-order valence-electron chi connectivity index (χ4n) is 1.98. The van der Waals surface area contributed by atoms with Crippen LogP contribution in [0.1, 0.15) is 30.6 Å². The van der Waals surface area contributed by atoms with E-state index in [1.165, 1.54) is 12.1 Å². The second-order valence-corrected chi connectivity index (χ2v) is 5.29. The van der Waals surface area contributed by atoms with Crippen LogP contribution in [0.15, 0.2) is 28.9 Å². The van der Waals surface area contributed by atoms with Crippen molar-refractivity contribution in [2.24, 2.45) is 7.05 Å². The summed E-state index contributed by atoms with van der Waals surface area (Å²) in [6.45, 7) is 2.93. The van der Waals surface area contributed by atoms with Crippen molar-refractivity contribution in [3.05, 3.63) is 45.9 Å². The molecule has 1 aromatic heterocycles. The predicted molar refractivity (Wildman–Crippen MR) is 75.2 cm³/mol. The fraction of sp³-hybridized carbons (Fsp3) is 0.385. The van der Waals surface area contributed by atoms with Crippen molar-refractivity contribution in [2.75, 3.05) is 6.54 Å². The zero-order chi connectivity index (χ0) is 13.8.